The lowest BCUT2D eigenvalue weighted by molar-refractivity contribution is 0.102. The Hall–Kier alpha value is -2.88. The summed E-state index contributed by atoms with van der Waals surface area (Å²) in [5.74, 6) is -0.116. The van der Waals surface area contributed by atoms with E-state index in [0.717, 1.165) is 16.6 Å². The number of nitrogens with one attached hydrogen (secondary N) is 2. The zero-order chi connectivity index (χ0) is 17.8. The van der Waals surface area contributed by atoms with Gasteiger partial charge in [-0.2, -0.15) is 0 Å². The van der Waals surface area contributed by atoms with Gasteiger partial charge < -0.3 is 10.6 Å². The van der Waals surface area contributed by atoms with Crippen molar-refractivity contribution in [1.29, 1.82) is 0 Å². The minimum absolute atomic E-state index is 0.116. The fraction of sp³-hybridized carbons (Fsp3) is 0.273. The van der Waals surface area contributed by atoms with Crippen LogP contribution >= 0.6 is 0 Å². The van der Waals surface area contributed by atoms with Crippen LogP contribution in [0.1, 0.15) is 42.5 Å². The van der Waals surface area contributed by atoms with Crippen molar-refractivity contribution >= 4 is 28.2 Å². The Kier molecular flexibility index (Phi) is 4.82. The summed E-state index contributed by atoms with van der Waals surface area (Å²) in [6, 6.07) is 18.1. The molecule has 1 aromatic heterocycles. The molecular weight excluding hydrogens is 322 g/mol. The van der Waals surface area contributed by atoms with Gasteiger partial charge >= 0.3 is 0 Å². The van der Waals surface area contributed by atoms with E-state index in [9.17, 15) is 4.79 Å². The van der Waals surface area contributed by atoms with E-state index in [1.807, 2.05) is 54.6 Å². The standard InChI is InChI=1S/C22H23N3O/c26-22(25-20-13-16-7-4-5-12-21(16)23-15-20)17-8-6-11-19(14-17)24-18-9-2-1-3-10-18/h4-8,11-15,18,24H,1-3,9-10H2,(H,25,26). The molecule has 2 N–H and O–H groups in total. The van der Waals surface area contributed by atoms with Crippen molar-refractivity contribution < 1.29 is 4.79 Å². The molecule has 1 amide bonds. The number of hydrogen-bond acceptors (Lipinski definition) is 3. The van der Waals surface area contributed by atoms with Crippen molar-refractivity contribution in [2.75, 3.05) is 10.6 Å². The Morgan fingerprint density at radius 2 is 1.77 bits per heavy atom. The second-order valence-electron chi connectivity index (χ2n) is 6.93. The molecule has 2 aromatic carbocycles. The van der Waals surface area contributed by atoms with E-state index in [-0.39, 0.29) is 5.91 Å². The van der Waals surface area contributed by atoms with Gasteiger partial charge in [0.05, 0.1) is 17.4 Å². The van der Waals surface area contributed by atoms with Crippen LogP contribution in [0, 0.1) is 0 Å². The molecule has 0 aliphatic heterocycles. The predicted molar refractivity (Wildman–Crippen MR) is 107 cm³/mol. The summed E-state index contributed by atoms with van der Waals surface area (Å²) >= 11 is 0. The first-order valence-corrected chi connectivity index (χ1v) is 9.31. The molecule has 0 unspecified atom stereocenters. The lowest BCUT2D eigenvalue weighted by Gasteiger charge is -2.24. The van der Waals surface area contributed by atoms with Gasteiger partial charge in [-0.3, -0.25) is 9.78 Å². The zero-order valence-electron chi connectivity index (χ0n) is 14.7. The van der Waals surface area contributed by atoms with Crippen LogP contribution in [0.4, 0.5) is 11.4 Å². The number of benzene rings is 2. The molecule has 0 radical (unpaired) electrons. The maximum absolute atomic E-state index is 12.6. The third kappa shape index (κ3) is 3.85. The highest BCUT2D eigenvalue weighted by molar-refractivity contribution is 6.05. The summed E-state index contributed by atoms with van der Waals surface area (Å²) in [5.41, 5.74) is 3.30. The third-order valence-corrected chi connectivity index (χ3v) is 4.95. The van der Waals surface area contributed by atoms with Crippen LogP contribution in [0.5, 0.6) is 0 Å². The van der Waals surface area contributed by atoms with Crippen LogP contribution in [-0.2, 0) is 0 Å². The minimum atomic E-state index is -0.116. The fourth-order valence-electron chi connectivity index (χ4n) is 3.58. The van der Waals surface area contributed by atoms with Crippen LogP contribution in [0.25, 0.3) is 10.9 Å². The van der Waals surface area contributed by atoms with Gasteiger partial charge in [0.1, 0.15) is 0 Å². The van der Waals surface area contributed by atoms with Gasteiger partial charge in [0, 0.05) is 22.7 Å². The second kappa shape index (κ2) is 7.56. The summed E-state index contributed by atoms with van der Waals surface area (Å²) in [6.07, 6.45) is 8.02. The SMILES string of the molecule is O=C(Nc1cnc2ccccc2c1)c1cccc(NC2CCCCC2)c1. The smallest absolute Gasteiger partial charge is 0.255 e. The molecule has 4 nitrogen and oxygen atoms in total. The lowest BCUT2D eigenvalue weighted by Crippen LogP contribution is -2.22. The molecule has 0 atom stereocenters. The topological polar surface area (TPSA) is 54.0 Å². The normalized spacial score (nSPS) is 14.9. The molecule has 132 valence electrons. The Labute approximate surface area is 153 Å². The van der Waals surface area contributed by atoms with Gasteiger partial charge in [-0.1, -0.05) is 43.5 Å². The molecule has 1 saturated carbocycles. The number of anilines is 2. The van der Waals surface area contributed by atoms with Crippen LogP contribution in [-0.4, -0.2) is 16.9 Å². The first-order valence-electron chi connectivity index (χ1n) is 9.31. The Bertz CT molecular complexity index is 916. The van der Waals surface area contributed by atoms with Crippen LogP contribution in [0.2, 0.25) is 0 Å². The number of carbonyl (C=O) groups excluding carboxylic acids is 1. The first kappa shape index (κ1) is 16.6. The minimum Gasteiger partial charge on any atom is -0.382 e. The largest absolute Gasteiger partial charge is 0.382 e. The van der Waals surface area contributed by atoms with Gasteiger partial charge in [0.25, 0.3) is 5.91 Å². The van der Waals surface area contributed by atoms with E-state index < -0.39 is 0 Å². The number of carbonyl (C=O) groups is 1. The molecule has 0 bridgehead atoms. The number of hydrogen-bond donors (Lipinski definition) is 2. The van der Waals surface area contributed by atoms with Crippen molar-refractivity contribution in [3.05, 3.63) is 66.4 Å². The van der Waals surface area contributed by atoms with Gasteiger partial charge in [-0.25, -0.2) is 0 Å². The molecule has 4 rings (SSSR count). The van der Waals surface area contributed by atoms with Crippen LogP contribution in [0.15, 0.2) is 60.8 Å². The zero-order valence-corrected chi connectivity index (χ0v) is 14.7. The summed E-state index contributed by atoms with van der Waals surface area (Å²) in [6.45, 7) is 0. The van der Waals surface area contributed by atoms with Crippen LogP contribution in [0.3, 0.4) is 0 Å². The van der Waals surface area contributed by atoms with E-state index in [2.05, 4.69) is 15.6 Å². The van der Waals surface area contributed by atoms with E-state index in [1.54, 1.807) is 6.20 Å². The highest BCUT2D eigenvalue weighted by Crippen LogP contribution is 2.23. The number of para-hydroxylation sites is 1. The number of amides is 1. The Morgan fingerprint density at radius 1 is 0.923 bits per heavy atom. The van der Waals surface area contributed by atoms with Gasteiger partial charge in [-0.15, -0.1) is 0 Å². The number of nitrogens with zero attached hydrogens (tertiary/aromatic N) is 1. The quantitative estimate of drug-likeness (QED) is 0.680. The van der Waals surface area contributed by atoms with Crippen molar-refractivity contribution in [2.24, 2.45) is 0 Å². The number of pyridine rings is 1. The lowest BCUT2D eigenvalue weighted by atomic mass is 9.95. The first-order chi connectivity index (χ1) is 12.8. The average Bonchev–Trinajstić information content (AvgIpc) is 2.69. The maximum Gasteiger partial charge on any atom is 0.255 e. The molecule has 26 heavy (non-hydrogen) atoms. The van der Waals surface area contributed by atoms with E-state index in [4.69, 9.17) is 0 Å². The Morgan fingerprint density at radius 3 is 2.65 bits per heavy atom. The maximum atomic E-state index is 12.6. The Balaban J connectivity index is 1.47. The van der Waals surface area contributed by atoms with Crippen LogP contribution < -0.4 is 10.6 Å². The molecule has 4 heteroatoms. The molecule has 1 fully saturated rings. The monoisotopic (exact) mass is 345 g/mol. The summed E-state index contributed by atoms with van der Waals surface area (Å²) in [4.78, 5) is 17.0. The van der Waals surface area contributed by atoms with E-state index >= 15 is 0 Å². The molecule has 1 aliphatic carbocycles. The number of fused-ring (bicyclic) bond motifs is 1. The molecule has 1 aliphatic rings. The summed E-state index contributed by atoms with van der Waals surface area (Å²) < 4.78 is 0. The van der Waals surface area contributed by atoms with E-state index in [0.29, 0.717) is 17.3 Å². The van der Waals surface area contributed by atoms with Gasteiger partial charge in [0.15, 0.2) is 0 Å². The van der Waals surface area contributed by atoms with Crippen molar-refractivity contribution in [3.63, 3.8) is 0 Å². The molecule has 1 heterocycles. The fourth-order valence-corrected chi connectivity index (χ4v) is 3.58. The molecular formula is C22H23N3O. The highest BCUT2D eigenvalue weighted by Gasteiger charge is 2.14. The highest BCUT2D eigenvalue weighted by atomic mass is 16.1. The molecule has 3 aromatic rings. The molecule has 0 saturated heterocycles. The van der Waals surface area contributed by atoms with Gasteiger partial charge in [0.2, 0.25) is 0 Å². The average molecular weight is 345 g/mol. The van der Waals surface area contributed by atoms with Crippen molar-refractivity contribution in [2.45, 2.75) is 38.1 Å². The van der Waals surface area contributed by atoms with Gasteiger partial charge in [-0.05, 0) is 43.2 Å². The molecule has 0 spiro atoms. The number of rotatable bonds is 4. The second-order valence-corrected chi connectivity index (χ2v) is 6.93. The van der Waals surface area contributed by atoms with Crippen molar-refractivity contribution in [3.8, 4) is 0 Å². The number of aromatic nitrogens is 1. The van der Waals surface area contributed by atoms with E-state index in [1.165, 1.54) is 32.1 Å². The predicted octanol–water partition coefficient (Wildman–Crippen LogP) is 5.23. The third-order valence-electron chi connectivity index (χ3n) is 4.95. The summed E-state index contributed by atoms with van der Waals surface area (Å²) in [7, 11) is 0. The summed E-state index contributed by atoms with van der Waals surface area (Å²) in [5, 5.41) is 7.54. The van der Waals surface area contributed by atoms with Crippen molar-refractivity contribution in [1.82, 2.24) is 4.98 Å².